The van der Waals surface area contributed by atoms with Gasteiger partial charge in [-0.3, -0.25) is 9.59 Å². The van der Waals surface area contributed by atoms with Gasteiger partial charge in [0.05, 0.1) is 6.54 Å². The van der Waals surface area contributed by atoms with Gasteiger partial charge in [0.25, 0.3) is 0 Å². The number of ether oxygens (including phenoxy) is 1. The Morgan fingerprint density at radius 1 is 0.769 bits per heavy atom. The van der Waals surface area contributed by atoms with Gasteiger partial charge in [-0.2, -0.15) is 0 Å². The topological polar surface area (TPSA) is 116 Å². The molecule has 0 aliphatic carbocycles. The second-order valence-electron chi connectivity index (χ2n) is 10.3. The molecule has 0 saturated heterocycles. The number of para-hydroxylation sites is 1. The number of amides is 2. The minimum Gasteiger partial charge on any atom is -0.425 e. The molecule has 0 heterocycles. The summed E-state index contributed by atoms with van der Waals surface area (Å²) in [5.74, 6) is -1.03. The lowest BCUT2D eigenvalue weighted by Gasteiger charge is -2.30. The van der Waals surface area contributed by atoms with Gasteiger partial charge < -0.3 is 21.1 Å². The molecule has 1 aromatic carbocycles. The van der Waals surface area contributed by atoms with Gasteiger partial charge in [-0.1, -0.05) is 121 Å². The Labute approximate surface area is 243 Å². The third kappa shape index (κ3) is 18.7. The number of hydrogen-bond acceptors (Lipinski definition) is 5. The number of rotatable bonds is 24. The molecule has 0 fully saturated rings. The van der Waals surface area contributed by atoms with Crippen LogP contribution >= 0.6 is 12.4 Å². The van der Waals surface area contributed by atoms with E-state index >= 15 is 0 Å². The minimum absolute atomic E-state index is 0. The van der Waals surface area contributed by atoms with Crippen molar-refractivity contribution in [2.75, 3.05) is 13.1 Å². The van der Waals surface area contributed by atoms with E-state index in [4.69, 9.17) is 16.2 Å². The largest absolute Gasteiger partial charge is 0.425 e. The number of carbonyl (C=O) groups excluding carboxylic acids is 3. The van der Waals surface area contributed by atoms with Crippen molar-refractivity contribution in [3.63, 3.8) is 0 Å². The van der Waals surface area contributed by atoms with E-state index in [0.717, 1.165) is 19.3 Å². The Morgan fingerprint density at radius 2 is 1.23 bits per heavy atom. The lowest BCUT2D eigenvalue weighted by molar-refractivity contribution is -0.148. The highest BCUT2D eigenvalue weighted by molar-refractivity contribution is 5.87. The minimum atomic E-state index is -0.893. The highest BCUT2D eigenvalue weighted by Crippen LogP contribution is 2.17. The van der Waals surface area contributed by atoms with E-state index in [-0.39, 0.29) is 37.7 Å². The molecule has 1 rings (SSSR count). The first-order valence-electron chi connectivity index (χ1n) is 15.0. The summed E-state index contributed by atoms with van der Waals surface area (Å²) in [6, 6.07) is 7.81. The third-order valence-electron chi connectivity index (χ3n) is 7.02. The van der Waals surface area contributed by atoms with Gasteiger partial charge in [-0.05, 0) is 25.0 Å². The van der Waals surface area contributed by atoms with Crippen molar-refractivity contribution in [2.24, 2.45) is 11.5 Å². The van der Waals surface area contributed by atoms with Crippen LogP contribution in [0.2, 0.25) is 0 Å². The zero-order valence-corrected chi connectivity index (χ0v) is 25.1. The normalized spacial score (nSPS) is 11.4. The Morgan fingerprint density at radius 3 is 1.67 bits per heavy atom. The molecule has 0 aliphatic heterocycles. The van der Waals surface area contributed by atoms with E-state index in [0.29, 0.717) is 12.3 Å². The Hall–Kier alpha value is -2.12. The molecule has 1 atom stereocenters. The maximum Gasteiger partial charge on any atom is 0.334 e. The van der Waals surface area contributed by atoms with Gasteiger partial charge in [0.1, 0.15) is 11.8 Å². The smallest absolute Gasteiger partial charge is 0.334 e. The number of nitrogens with zero attached hydrogens (tertiary/aromatic N) is 1. The predicted octanol–water partition coefficient (Wildman–Crippen LogP) is 6.70. The van der Waals surface area contributed by atoms with Crippen molar-refractivity contribution in [3.8, 4) is 5.75 Å². The van der Waals surface area contributed by atoms with Gasteiger partial charge in [-0.15, -0.1) is 12.4 Å². The summed E-state index contributed by atoms with van der Waals surface area (Å²) >= 11 is 0. The summed E-state index contributed by atoms with van der Waals surface area (Å²) in [7, 11) is 0. The maximum atomic E-state index is 12.9. The first-order chi connectivity index (χ1) is 18.5. The molecule has 0 aromatic heterocycles. The summed E-state index contributed by atoms with van der Waals surface area (Å²) in [5, 5.41) is 0. The molecule has 0 spiro atoms. The number of halogens is 1. The monoisotopic (exact) mass is 567 g/mol. The molecule has 4 N–H and O–H groups in total. The van der Waals surface area contributed by atoms with Crippen LogP contribution in [0, 0.1) is 0 Å². The second kappa shape index (κ2) is 24.9. The van der Waals surface area contributed by atoms with Crippen LogP contribution in [0.25, 0.3) is 0 Å². The van der Waals surface area contributed by atoms with E-state index < -0.39 is 17.9 Å². The molecule has 8 heteroatoms. The summed E-state index contributed by atoms with van der Waals surface area (Å²) in [5.41, 5.74) is 11.0. The molecule has 0 unspecified atom stereocenters. The number of unbranched alkanes of at least 4 members (excludes halogenated alkanes) is 15. The molecule has 224 valence electrons. The Bertz CT molecular complexity index is 763. The summed E-state index contributed by atoms with van der Waals surface area (Å²) < 4.78 is 5.49. The molecule has 0 bridgehead atoms. The van der Waals surface area contributed by atoms with Crippen LogP contribution in [0.4, 0.5) is 0 Å². The van der Waals surface area contributed by atoms with E-state index in [1.165, 1.54) is 88.4 Å². The fraction of sp³-hybridized carbons (Fsp3) is 0.710. The lowest BCUT2D eigenvalue weighted by Crippen LogP contribution is -2.49. The number of benzene rings is 1. The van der Waals surface area contributed by atoms with Crippen LogP contribution in [0.3, 0.4) is 0 Å². The lowest BCUT2D eigenvalue weighted by atomic mass is 10.0. The molecular formula is C31H54ClN3O4. The molecule has 39 heavy (non-hydrogen) atoms. The molecule has 0 radical (unpaired) electrons. The van der Waals surface area contributed by atoms with Crippen LogP contribution in [0.5, 0.6) is 5.75 Å². The molecule has 2 amide bonds. The number of primary amides is 1. The van der Waals surface area contributed by atoms with Crippen LogP contribution in [0.1, 0.15) is 122 Å². The maximum absolute atomic E-state index is 12.9. The summed E-state index contributed by atoms with van der Waals surface area (Å²) in [6.45, 7) is 2.46. The van der Waals surface area contributed by atoms with E-state index in [9.17, 15) is 14.4 Å². The zero-order chi connectivity index (χ0) is 27.8. The van der Waals surface area contributed by atoms with Crippen molar-refractivity contribution in [3.05, 3.63) is 30.3 Å². The van der Waals surface area contributed by atoms with Crippen molar-refractivity contribution in [1.29, 1.82) is 0 Å². The van der Waals surface area contributed by atoms with Crippen LogP contribution in [0.15, 0.2) is 30.3 Å². The highest BCUT2D eigenvalue weighted by Gasteiger charge is 2.31. The van der Waals surface area contributed by atoms with Gasteiger partial charge in [0.15, 0.2) is 0 Å². The van der Waals surface area contributed by atoms with Crippen molar-refractivity contribution >= 4 is 30.2 Å². The first-order valence-corrected chi connectivity index (χ1v) is 15.0. The van der Waals surface area contributed by atoms with Crippen LogP contribution in [-0.2, 0) is 14.4 Å². The van der Waals surface area contributed by atoms with E-state index in [1.54, 1.807) is 24.3 Å². The van der Waals surface area contributed by atoms with Crippen LogP contribution < -0.4 is 16.2 Å². The number of hydrogen-bond donors (Lipinski definition) is 2. The zero-order valence-electron chi connectivity index (χ0n) is 24.2. The molecule has 7 nitrogen and oxygen atoms in total. The summed E-state index contributed by atoms with van der Waals surface area (Å²) in [6.07, 6.45) is 20.4. The van der Waals surface area contributed by atoms with E-state index in [2.05, 4.69) is 6.92 Å². The van der Waals surface area contributed by atoms with Gasteiger partial charge in [0, 0.05) is 13.0 Å². The molecular weight excluding hydrogens is 514 g/mol. The van der Waals surface area contributed by atoms with Crippen LogP contribution in [-0.4, -0.2) is 41.8 Å². The fourth-order valence-electron chi connectivity index (χ4n) is 4.75. The average molecular weight is 568 g/mol. The highest BCUT2D eigenvalue weighted by atomic mass is 35.5. The SMILES string of the molecule is CCCCCCCCCCCCCCCCCCN(C(=O)CN)[C@H](CCC(N)=O)C(=O)Oc1ccccc1.Cl. The second-order valence-corrected chi connectivity index (χ2v) is 10.3. The van der Waals surface area contributed by atoms with Gasteiger partial charge >= 0.3 is 5.97 Å². The standard InChI is InChI=1S/C31H53N3O4.ClH/c1-2-3-4-5-6-7-8-9-10-11-12-13-14-15-16-20-25-34(30(36)26-32)28(23-24-29(33)35)31(37)38-27-21-18-17-19-22-27;/h17-19,21-22,28H,2-16,20,23-26,32H2,1H3,(H2,33,35);1H/t28-;/m1./s1. The van der Waals surface area contributed by atoms with E-state index in [1.807, 2.05) is 6.07 Å². The van der Waals surface area contributed by atoms with Crippen molar-refractivity contribution in [1.82, 2.24) is 4.90 Å². The number of carbonyl (C=O) groups is 3. The molecule has 0 saturated carbocycles. The fourth-order valence-corrected chi connectivity index (χ4v) is 4.75. The number of esters is 1. The quantitative estimate of drug-likeness (QED) is 0.0819. The predicted molar refractivity (Wildman–Crippen MR) is 162 cm³/mol. The molecule has 0 aliphatic rings. The van der Waals surface area contributed by atoms with Gasteiger partial charge in [0.2, 0.25) is 11.8 Å². The average Bonchev–Trinajstić information content (AvgIpc) is 2.91. The Balaban J connectivity index is 0.0000144. The third-order valence-corrected chi connectivity index (χ3v) is 7.02. The van der Waals surface area contributed by atoms with Gasteiger partial charge in [-0.25, -0.2) is 4.79 Å². The van der Waals surface area contributed by atoms with Crippen molar-refractivity contribution < 1.29 is 19.1 Å². The summed E-state index contributed by atoms with van der Waals surface area (Å²) in [4.78, 5) is 38.4. The first kappa shape index (κ1) is 36.9. The Kier molecular flexibility index (Phi) is 23.5. The van der Waals surface area contributed by atoms with Crippen molar-refractivity contribution in [2.45, 2.75) is 129 Å². The molecule has 1 aromatic rings. The number of nitrogens with two attached hydrogens (primary N) is 2.